The Balaban J connectivity index is 2.17. The van der Waals surface area contributed by atoms with E-state index in [2.05, 4.69) is 15.5 Å². The largest absolute Gasteiger partial charge is 0.399 e. The maximum Gasteiger partial charge on any atom is 0.152 e. The van der Waals surface area contributed by atoms with E-state index in [1.54, 1.807) is 6.07 Å². The number of tetrazole rings is 1. The zero-order valence-electron chi connectivity index (χ0n) is 8.47. The fraction of sp³-hybridized carbons (Fsp3) is 0.300. The molecule has 0 atom stereocenters. The summed E-state index contributed by atoms with van der Waals surface area (Å²) in [4.78, 5) is 0. The molecule has 1 heterocycles. The lowest BCUT2D eigenvalue weighted by molar-refractivity contribution is 0.592. The van der Waals surface area contributed by atoms with E-state index in [1.165, 1.54) is 17.1 Å². The van der Waals surface area contributed by atoms with E-state index in [4.69, 9.17) is 5.73 Å². The monoisotopic (exact) mass is 219 g/mol. The summed E-state index contributed by atoms with van der Waals surface area (Å²) in [5, 5.41) is 10.6. The highest BCUT2D eigenvalue weighted by Gasteiger charge is 2.28. The van der Waals surface area contributed by atoms with Crippen LogP contribution >= 0.6 is 0 Å². The number of hydrogen-bond acceptors (Lipinski definition) is 4. The van der Waals surface area contributed by atoms with Crippen molar-refractivity contribution in [3.63, 3.8) is 0 Å². The molecule has 0 bridgehead atoms. The number of nitrogens with zero attached hydrogens (tertiary/aromatic N) is 4. The van der Waals surface area contributed by atoms with Crippen LogP contribution in [-0.2, 0) is 0 Å². The fourth-order valence-electron chi connectivity index (χ4n) is 1.78. The molecular formula is C10H10FN5. The lowest BCUT2D eigenvalue weighted by Gasteiger charge is -2.08. The first-order valence-electron chi connectivity index (χ1n) is 5.08. The van der Waals surface area contributed by atoms with Crippen LogP contribution < -0.4 is 5.73 Å². The van der Waals surface area contributed by atoms with Gasteiger partial charge in [-0.1, -0.05) is 0 Å². The van der Waals surface area contributed by atoms with Crippen molar-refractivity contribution in [3.8, 4) is 5.69 Å². The summed E-state index contributed by atoms with van der Waals surface area (Å²) >= 11 is 0. The molecule has 3 rings (SSSR count). The lowest BCUT2D eigenvalue weighted by atomic mass is 10.1. The summed E-state index contributed by atoms with van der Waals surface area (Å²) in [6.45, 7) is 0. The second-order valence-electron chi connectivity index (χ2n) is 3.97. The van der Waals surface area contributed by atoms with Gasteiger partial charge in [0.2, 0.25) is 0 Å². The second-order valence-corrected chi connectivity index (χ2v) is 3.97. The van der Waals surface area contributed by atoms with E-state index >= 15 is 0 Å². The third-order valence-electron chi connectivity index (χ3n) is 2.72. The molecule has 0 aliphatic heterocycles. The molecule has 2 aromatic rings. The van der Waals surface area contributed by atoms with Crippen LogP contribution in [0.5, 0.6) is 0 Å². The van der Waals surface area contributed by atoms with Crippen molar-refractivity contribution in [3.05, 3.63) is 29.8 Å². The van der Waals surface area contributed by atoms with Crippen molar-refractivity contribution in [2.75, 3.05) is 5.73 Å². The highest BCUT2D eigenvalue weighted by atomic mass is 19.1. The fourth-order valence-corrected chi connectivity index (χ4v) is 1.78. The van der Waals surface area contributed by atoms with Crippen molar-refractivity contribution in [1.29, 1.82) is 0 Å². The predicted molar refractivity (Wildman–Crippen MR) is 55.5 cm³/mol. The minimum absolute atomic E-state index is 0.274. The summed E-state index contributed by atoms with van der Waals surface area (Å²) in [5.74, 6) is 0.0303. The molecule has 0 spiro atoms. The number of nitrogens with two attached hydrogens (primary N) is 1. The van der Waals surface area contributed by atoms with Crippen molar-refractivity contribution in [2.45, 2.75) is 18.8 Å². The Kier molecular flexibility index (Phi) is 1.89. The third kappa shape index (κ3) is 1.42. The Morgan fingerprint density at radius 3 is 2.81 bits per heavy atom. The maximum absolute atomic E-state index is 14.1. The topological polar surface area (TPSA) is 69.6 Å². The Morgan fingerprint density at radius 2 is 2.19 bits per heavy atom. The number of benzene rings is 1. The van der Waals surface area contributed by atoms with Gasteiger partial charge < -0.3 is 5.73 Å². The standard InChI is InChI=1S/C10H10FN5/c11-10-8(6-1-2-6)3-7(12)4-9(10)16-5-13-14-15-16/h3-6H,1-2,12H2. The number of anilines is 1. The molecule has 6 heteroatoms. The smallest absolute Gasteiger partial charge is 0.152 e. The Morgan fingerprint density at radius 1 is 1.38 bits per heavy atom. The quantitative estimate of drug-likeness (QED) is 0.772. The minimum atomic E-state index is -0.274. The highest BCUT2D eigenvalue weighted by molar-refractivity contribution is 5.53. The van der Waals surface area contributed by atoms with Crippen LogP contribution in [0.4, 0.5) is 10.1 Å². The number of aromatic nitrogens is 4. The summed E-state index contributed by atoms with van der Waals surface area (Å²) in [6.07, 6.45) is 3.40. The molecule has 0 amide bonds. The molecule has 16 heavy (non-hydrogen) atoms. The van der Waals surface area contributed by atoms with Gasteiger partial charge in [-0.05, 0) is 46.9 Å². The zero-order valence-corrected chi connectivity index (χ0v) is 8.47. The molecule has 1 aromatic carbocycles. The number of rotatable bonds is 2. The minimum Gasteiger partial charge on any atom is -0.399 e. The lowest BCUT2D eigenvalue weighted by Crippen LogP contribution is -2.03. The van der Waals surface area contributed by atoms with E-state index in [1.807, 2.05) is 0 Å². The molecule has 2 N–H and O–H groups in total. The van der Waals surface area contributed by atoms with Gasteiger partial charge in [-0.2, -0.15) is 4.68 Å². The summed E-state index contributed by atoms with van der Waals surface area (Å²) < 4.78 is 15.4. The van der Waals surface area contributed by atoms with Crippen LogP contribution in [-0.4, -0.2) is 20.2 Å². The van der Waals surface area contributed by atoms with Crippen LogP contribution in [0.25, 0.3) is 5.69 Å². The van der Waals surface area contributed by atoms with Gasteiger partial charge in [0.05, 0.1) is 0 Å². The first kappa shape index (κ1) is 9.26. The van der Waals surface area contributed by atoms with Crippen LogP contribution in [0.15, 0.2) is 18.5 Å². The van der Waals surface area contributed by atoms with Gasteiger partial charge in [-0.15, -0.1) is 5.10 Å². The number of nitrogen functional groups attached to an aromatic ring is 1. The third-order valence-corrected chi connectivity index (χ3v) is 2.72. The van der Waals surface area contributed by atoms with Crippen molar-refractivity contribution >= 4 is 5.69 Å². The van der Waals surface area contributed by atoms with Crippen molar-refractivity contribution in [2.24, 2.45) is 0 Å². The van der Waals surface area contributed by atoms with E-state index < -0.39 is 0 Å². The molecule has 1 fully saturated rings. The van der Waals surface area contributed by atoms with E-state index in [9.17, 15) is 4.39 Å². The molecule has 0 unspecified atom stereocenters. The molecule has 0 radical (unpaired) electrons. The predicted octanol–water partition coefficient (Wildman–Crippen LogP) is 1.26. The van der Waals surface area contributed by atoms with Crippen LogP contribution in [0.2, 0.25) is 0 Å². The Hall–Kier alpha value is -1.98. The average molecular weight is 219 g/mol. The first-order valence-corrected chi connectivity index (χ1v) is 5.08. The molecule has 82 valence electrons. The average Bonchev–Trinajstić information content (AvgIpc) is 2.96. The van der Waals surface area contributed by atoms with E-state index in [0.717, 1.165) is 12.8 Å². The van der Waals surface area contributed by atoms with Gasteiger partial charge in [0.25, 0.3) is 0 Å². The molecule has 0 saturated heterocycles. The van der Waals surface area contributed by atoms with Crippen LogP contribution in [0, 0.1) is 5.82 Å². The summed E-state index contributed by atoms with van der Waals surface area (Å²) in [6, 6.07) is 3.23. The number of hydrogen-bond donors (Lipinski definition) is 1. The van der Waals surface area contributed by atoms with Crippen molar-refractivity contribution < 1.29 is 4.39 Å². The SMILES string of the molecule is Nc1cc(C2CC2)c(F)c(-n2cnnn2)c1. The van der Waals surface area contributed by atoms with Crippen LogP contribution in [0.1, 0.15) is 24.3 Å². The molecule has 1 saturated carbocycles. The first-order chi connectivity index (χ1) is 7.75. The Labute approximate surface area is 91.1 Å². The molecular weight excluding hydrogens is 209 g/mol. The van der Waals surface area contributed by atoms with Gasteiger partial charge in [0.1, 0.15) is 12.0 Å². The molecule has 5 nitrogen and oxygen atoms in total. The summed E-state index contributed by atoms with van der Waals surface area (Å²) in [5.41, 5.74) is 7.27. The van der Waals surface area contributed by atoms with Gasteiger partial charge >= 0.3 is 0 Å². The molecule has 1 aromatic heterocycles. The van der Waals surface area contributed by atoms with Gasteiger partial charge in [0, 0.05) is 5.69 Å². The molecule has 1 aliphatic rings. The highest BCUT2D eigenvalue weighted by Crippen LogP contribution is 2.42. The van der Waals surface area contributed by atoms with Gasteiger partial charge in [0.15, 0.2) is 5.82 Å². The van der Waals surface area contributed by atoms with Crippen molar-refractivity contribution in [1.82, 2.24) is 20.2 Å². The van der Waals surface area contributed by atoms with Gasteiger partial charge in [-0.3, -0.25) is 0 Å². The molecule has 1 aliphatic carbocycles. The second kappa shape index (κ2) is 3.26. The van der Waals surface area contributed by atoms with E-state index in [-0.39, 0.29) is 5.82 Å². The normalized spacial score (nSPS) is 15.3. The van der Waals surface area contributed by atoms with E-state index in [0.29, 0.717) is 22.9 Å². The van der Waals surface area contributed by atoms with Crippen LogP contribution in [0.3, 0.4) is 0 Å². The number of halogens is 1. The zero-order chi connectivity index (χ0) is 11.1. The Bertz CT molecular complexity index is 518. The van der Waals surface area contributed by atoms with Gasteiger partial charge in [-0.25, -0.2) is 4.39 Å². The summed E-state index contributed by atoms with van der Waals surface area (Å²) in [7, 11) is 0. The maximum atomic E-state index is 14.1.